The fourth-order valence-corrected chi connectivity index (χ4v) is 1.30. The summed E-state index contributed by atoms with van der Waals surface area (Å²) in [6, 6.07) is 3.95. The molecule has 13 heavy (non-hydrogen) atoms. The number of nitrogens with one attached hydrogen (secondary N) is 1. The molecule has 0 atom stereocenters. The van der Waals surface area contributed by atoms with Gasteiger partial charge in [-0.2, -0.15) is 0 Å². The van der Waals surface area contributed by atoms with Gasteiger partial charge in [0.05, 0.1) is 0 Å². The summed E-state index contributed by atoms with van der Waals surface area (Å²) in [6.45, 7) is 2.04. The van der Waals surface area contributed by atoms with Crippen LogP contribution in [0.25, 0.3) is 0 Å². The Labute approximate surface area is 82.7 Å². The van der Waals surface area contributed by atoms with Crippen LogP contribution < -0.4 is 5.32 Å². The predicted octanol–water partition coefficient (Wildman–Crippen LogP) is 2.15. The second kappa shape index (κ2) is 4.87. The Kier molecular flexibility index (Phi) is 3.76. The van der Waals surface area contributed by atoms with E-state index in [2.05, 4.69) is 15.3 Å². The first-order chi connectivity index (χ1) is 6.26. The fourth-order valence-electron chi connectivity index (χ4n) is 0.912. The van der Waals surface area contributed by atoms with E-state index in [0.29, 0.717) is 0 Å². The minimum Gasteiger partial charge on any atom is -0.320 e. The van der Waals surface area contributed by atoms with Crippen molar-refractivity contribution in [1.82, 2.24) is 4.98 Å². The quantitative estimate of drug-likeness (QED) is 0.551. The first kappa shape index (κ1) is 10.1. The number of hydrogen-bond donors (Lipinski definition) is 1. The van der Waals surface area contributed by atoms with Crippen LogP contribution >= 0.6 is 11.8 Å². The van der Waals surface area contributed by atoms with Crippen LogP contribution in [0.2, 0.25) is 0 Å². The van der Waals surface area contributed by atoms with Crippen LogP contribution in [0.4, 0.5) is 5.82 Å². The number of aliphatic imine (C=N–C) groups is 1. The number of pyridine rings is 1. The lowest BCUT2D eigenvalue weighted by Crippen LogP contribution is -2.08. The number of hydrogen-bond acceptors (Lipinski definition) is 3. The van der Waals surface area contributed by atoms with E-state index >= 15 is 0 Å². The van der Waals surface area contributed by atoms with E-state index in [1.165, 1.54) is 5.56 Å². The average Bonchev–Trinajstić information content (AvgIpc) is 2.14. The minimum absolute atomic E-state index is 0.843. The lowest BCUT2D eigenvalue weighted by Gasteiger charge is -2.05. The molecule has 0 aliphatic carbocycles. The molecule has 0 fully saturated rings. The standard InChI is InChI=1S/C9H13N3S/c1-7-4-5-11-8(6-7)12-9(10-2)13-3/h4-6H,1-3H3,(H,10,11,12). The van der Waals surface area contributed by atoms with Crippen molar-refractivity contribution < 1.29 is 0 Å². The highest BCUT2D eigenvalue weighted by molar-refractivity contribution is 8.13. The number of thioether (sulfide) groups is 1. The normalized spacial score (nSPS) is 11.5. The third kappa shape index (κ3) is 3.06. The van der Waals surface area contributed by atoms with Crippen molar-refractivity contribution >= 4 is 22.7 Å². The van der Waals surface area contributed by atoms with Crippen LogP contribution in [0.1, 0.15) is 5.56 Å². The molecule has 3 nitrogen and oxygen atoms in total. The first-order valence-corrected chi connectivity index (χ1v) is 5.19. The number of nitrogens with zero attached hydrogens (tertiary/aromatic N) is 2. The lowest BCUT2D eigenvalue weighted by molar-refractivity contribution is 1.28. The van der Waals surface area contributed by atoms with Gasteiger partial charge in [-0.05, 0) is 30.9 Å². The van der Waals surface area contributed by atoms with Crippen LogP contribution in [0.15, 0.2) is 23.3 Å². The number of anilines is 1. The van der Waals surface area contributed by atoms with Crippen molar-refractivity contribution in [2.75, 3.05) is 18.6 Å². The summed E-state index contributed by atoms with van der Waals surface area (Å²) in [6.07, 6.45) is 3.76. The molecule has 1 aromatic rings. The van der Waals surface area contributed by atoms with E-state index in [9.17, 15) is 0 Å². The van der Waals surface area contributed by atoms with Gasteiger partial charge in [0.25, 0.3) is 0 Å². The van der Waals surface area contributed by atoms with Gasteiger partial charge in [0, 0.05) is 13.2 Å². The van der Waals surface area contributed by atoms with Gasteiger partial charge < -0.3 is 5.32 Å². The molecular weight excluding hydrogens is 182 g/mol. The molecule has 70 valence electrons. The smallest absolute Gasteiger partial charge is 0.161 e. The van der Waals surface area contributed by atoms with Crippen molar-refractivity contribution in [3.05, 3.63) is 23.9 Å². The number of rotatable bonds is 1. The van der Waals surface area contributed by atoms with Crippen LogP contribution in [0, 0.1) is 6.92 Å². The average molecular weight is 195 g/mol. The maximum Gasteiger partial charge on any atom is 0.161 e. The zero-order chi connectivity index (χ0) is 9.68. The van der Waals surface area contributed by atoms with Gasteiger partial charge in [-0.15, -0.1) is 0 Å². The molecule has 1 aromatic heterocycles. The van der Waals surface area contributed by atoms with E-state index in [1.54, 1.807) is 25.0 Å². The van der Waals surface area contributed by atoms with Crippen LogP contribution in [-0.4, -0.2) is 23.5 Å². The topological polar surface area (TPSA) is 37.3 Å². The Morgan fingerprint density at radius 1 is 1.62 bits per heavy atom. The minimum atomic E-state index is 0.843. The number of aryl methyl sites for hydroxylation is 1. The molecule has 0 bridgehead atoms. The Balaban J connectivity index is 2.74. The molecule has 0 amide bonds. The summed E-state index contributed by atoms with van der Waals surface area (Å²) in [5.74, 6) is 0.843. The lowest BCUT2D eigenvalue weighted by atomic mass is 10.3. The van der Waals surface area contributed by atoms with Gasteiger partial charge in [-0.3, -0.25) is 4.99 Å². The highest BCUT2D eigenvalue weighted by Gasteiger charge is 1.97. The molecule has 0 radical (unpaired) electrons. The Bertz CT molecular complexity index is 309. The van der Waals surface area contributed by atoms with Crippen molar-refractivity contribution in [2.45, 2.75) is 6.92 Å². The molecule has 1 N–H and O–H groups in total. The summed E-state index contributed by atoms with van der Waals surface area (Å²) < 4.78 is 0. The van der Waals surface area contributed by atoms with E-state index < -0.39 is 0 Å². The maximum atomic E-state index is 4.17. The summed E-state index contributed by atoms with van der Waals surface area (Å²) in [4.78, 5) is 8.23. The van der Waals surface area contributed by atoms with Gasteiger partial charge in [-0.25, -0.2) is 4.98 Å². The van der Waals surface area contributed by atoms with E-state index in [-0.39, 0.29) is 0 Å². The fraction of sp³-hybridized carbons (Fsp3) is 0.333. The second-order valence-corrected chi connectivity index (χ2v) is 3.37. The molecular formula is C9H13N3S. The van der Waals surface area contributed by atoms with Crippen LogP contribution in [0.3, 0.4) is 0 Å². The third-order valence-corrected chi connectivity index (χ3v) is 2.22. The highest BCUT2D eigenvalue weighted by atomic mass is 32.2. The van der Waals surface area contributed by atoms with Crippen molar-refractivity contribution in [2.24, 2.45) is 4.99 Å². The Morgan fingerprint density at radius 2 is 2.38 bits per heavy atom. The molecule has 0 aromatic carbocycles. The zero-order valence-electron chi connectivity index (χ0n) is 8.03. The summed E-state index contributed by atoms with van der Waals surface area (Å²) in [5, 5.41) is 3.99. The van der Waals surface area contributed by atoms with Gasteiger partial charge in [0.15, 0.2) is 5.17 Å². The Hall–Kier alpha value is -1.03. The molecule has 1 heterocycles. The molecule has 0 saturated heterocycles. The Morgan fingerprint density at radius 3 is 2.92 bits per heavy atom. The first-order valence-electron chi connectivity index (χ1n) is 3.96. The van der Waals surface area contributed by atoms with Gasteiger partial charge >= 0.3 is 0 Å². The number of amidine groups is 1. The SMILES string of the molecule is CN=C(Nc1cc(C)ccn1)SC. The molecule has 0 saturated carbocycles. The summed E-state index contributed by atoms with van der Waals surface area (Å²) in [7, 11) is 1.76. The maximum absolute atomic E-state index is 4.17. The van der Waals surface area contributed by atoms with E-state index in [1.807, 2.05) is 25.3 Å². The molecule has 0 aliphatic heterocycles. The summed E-state index contributed by atoms with van der Waals surface area (Å²) in [5.41, 5.74) is 1.19. The number of aromatic nitrogens is 1. The molecule has 0 aliphatic rings. The summed E-state index contributed by atoms with van der Waals surface area (Å²) >= 11 is 1.57. The molecule has 0 spiro atoms. The van der Waals surface area contributed by atoms with Gasteiger partial charge in [0.1, 0.15) is 5.82 Å². The predicted molar refractivity (Wildman–Crippen MR) is 59.5 cm³/mol. The molecule has 0 unspecified atom stereocenters. The van der Waals surface area contributed by atoms with Crippen molar-refractivity contribution in [3.63, 3.8) is 0 Å². The molecule has 1 rings (SSSR count). The highest BCUT2D eigenvalue weighted by Crippen LogP contribution is 2.08. The third-order valence-electron chi connectivity index (χ3n) is 1.55. The zero-order valence-corrected chi connectivity index (χ0v) is 8.85. The van der Waals surface area contributed by atoms with Crippen LogP contribution in [-0.2, 0) is 0 Å². The largest absolute Gasteiger partial charge is 0.320 e. The molecule has 4 heteroatoms. The van der Waals surface area contributed by atoms with E-state index in [0.717, 1.165) is 11.0 Å². The van der Waals surface area contributed by atoms with Crippen molar-refractivity contribution in [1.29, 1.82) is 0 Å². The van der Waals surface area contributed by atoms with Gasteiger partial charge in [0.2, 0.25) is 0 Å². The van der Waals surface area contributed by atoms with Crippen molar-refractivity contribution in [3.8, 4) is 0 Å². The van der Waals surface area contributed by atoms with E-state index in [4.69, 9.17) is 0 Å². The monoisotopic (exact) mass is 195 g/mol. The van der Waals surface area contributed by atoms with Crippen LogP contribution in [0.5, 0.6) is 0 Å². The van der Waals surface area contributed by atoms with Gasteiger partial charge in [-0.1, -0.05) is 11.8 Å². The second-order valence-electron chi connectivity index (χ2n) is 2.58.